The normalized spacial score (nSPS) is 11.0. The van der Waals surface area contributed by atoms with Crippen molar-refractivity contribution in [1.29, 1.82) is 10.5 Å². The number of hydrogen-bond donors (Lipinski definition) is 2. The van der Waals surface area contributed by atoms with Crippen molar-refractivity contribution in [3.05, 3.63) is 45.6 Å². The number of aliphatic hydroxyl groups excluding tert-OH is 1. The maximum absolute atomic E-state index is 9.40. The molecule has 1 heterocycles. The first-order valence-corrected chi connectivity index (χ1v) is 7.15. The van der Waals surface area contributed by atoms with Crippen molar-refractivity contribution >= 4 is 33.4 Å². The molecule has 0 saturated heterocycles. The highest BCUT2D eigenvalue weighted by Crippen LogP contribution is 2.26. The van der Waals surface area contributed by atoms with Gasteiger partial charge in [-0.2, -0.15) is 15.6 Å². The molecule has 1 aromatic carbocycles. The molecule has 1 aromatic heterocycles. The largest absolute Gasteiger partial charge is 0.394 e. The van der Waals surface area contributed by atoms with E-state index in [9.17, 15) is 10.5 Å². The molecule has 0 aliphatic rings. The van der Waals surface area contributed by atoms with Gasteiger partial charge in [-0.15, -0.1) is 0 Å². The van der Waals surface area contributed by atoms with Crippen LogP contribution in [0.5, 0.6) is 0 Å². The highest BCUT2D eigenvalue weighted by atomic mass is 79.9. The van der Waals surface area contributed by atoms with Gasteiger partial charge in [0.05, 0.1) is 18.7 Å². The Labute approximate surface area is 135 Å². The first kappa shape index (κ1) is 15.8. The summed E-state index contributed by atoms with van der Waals surface area (Å²) < 4.78 is 2.14. The number of nitrogens with two attached hydrogens (primary N) is 1. The van der Waals surface area contributed by atoms with E-state index >= 15 is 0 Å². The van der Waals surface area contributed by atoms with Crippen LogP contribution in [-0.2, 0) is 6.54 Å². The van der Waals surface area contributed by atoms with Gasteiger partial charge in [-0.3, -0.25) is 0 Å². The lowest BCUT2D eigenvalue weighted by Gasteiger charge is -1.99. The number of aromatic nitrogens is 2. The maximum atomic E-state index is 9.40. The average Bonchev–Trinajstić information content (AvgIpc) is 2.83. The highest BCUT2D eigenvalue weighted by molar-refractivity contribution is 9.10. The topological polar surface area (TPSA) is 112 Å². The standard InChI is InChI=1S/C15H12BrN5O/c16-13-4-2-1-3-10(13)7-11(8-17)14-12(9-18)15(19)21(20-14)5-6-22/h1-4,7,22H,5-6,19H2/b11-7+. The molecular weight excluding hydrogens is 346 g/mol. The fraction of sp³-hybridized carbons (Fsp3) is 0.133. The number of aliphatic hydroxyl groups is 1. The van der Waals surface area contributed by atoms with Gasteiger partial charge in [0.15, 0.2) is 0 Å². The number of anilines is 1. The van der Waals surface area contributed by atoms with Crippen LogP contribution in [0.4, 0.5) is 5.82 Å². The molecule has 0 spiro atoms. The van der Waals surface area contributed by atoms with Crippen LogP contribution >= 0.6 is 15.9 Å². The van der Waals surface area contributed by atoms with Crippen LogP contribution in [0.1, 0.15) is 16.8 Å². The van der Waals surface area contributed by atoms with E-state index in [1.54, 1.807) is 6.08 Å². The molecule has 110 valence electrons. The van der Waals surface area contributed by atoms with Gasteiger partial charge in [-0.05, 0) is 17.7 Å². The Morgan fingerprint density at radius 2 is 2.14 bits per heavy atom. The molecule has 2 rings (SSSR count). The molecule has 0 bridgehead atoms. The molecule has 0 radical (unpaired) electrons. The summed E-state index contributed by atoms with van der Waals surface area (Å²) >= 11 is 3.40. The molecule has 3 N–H and O–H groups in total. The van der Waals surface area contributed by atoms with Crippen molar-refractivity contribution in [2.24, 2.45) is 0 Å². The number of benzene rings is 1. The number of nitriles is 2. The molecule has 0 fully saturated rings. The van der Waals surface area contributed by atoms with Crippen molar-refractivity contribution in [3.63, 3.8) is 0 Å². The zero-order valence-corrected chi connectivity index (χ0v) is 13.1. The van der Waals surface area contributed by atoms with Gasteiger partial charge in [0.25, 0.3) is 0 Å². The number of nitrogens with zero attached hydrogens (tertiary/aromatic N) is 4. The Balaban J connectivity index is 2.58. The smallest absolute Gasteiger partial charge is 0.140 e. The fourth-order valence-corrected chi connectivity index (χ4v) is 2.34. The van der Waals surface area contributed by atoms with Crippen LogP contribution in [0.2, 0.25) is 0 Å². The average molecular weight is 358 g/mol. The summed E-state index contributed by atoms with van der Waals surface area (Å²) in [5, 5.41) is 31.8. The number of halogens is 1. The van der Waals surface area contributed by atoms with Crippen LogP contribution < -0.4 is 5.73 Å². The Morgan fingerprint density at radius 3 is 2.73 bits per heavy atom. The first-order valence-electron chi connectivity index (χ1n) is 6.36. The molecule has 0 unspecified atom stereocenters. The van der Waals surface area contributed by atoms with Crippen LogP contribution in [-0.4, -0.2) is 21.5 Å². The maximum Gasteiger partial charge on any atom is 0.140 e. The van der Waals surface area contributed by atoms with Gasteiger partial charge >= 0.3 is 0 Å². The third kappa shape index (κ3) is 3.01. The van der Waals surface area contributed by atoms with Gasteiger partial charge in [-0.25, -0.2) is 4.68 Å². The van der Waals surface area contributed by atoms with Gasteiger partial charge < -0.3 is 10.8 Å². The van der Waals surface area contributed by atoms with Crippen molar-refractivity contribution in [1.82, 2.24) is 9.78 Å². The lowest BCUT2D eigenvalue weighted by Crippen LogP contribution is -2.07. The predicted octanol–water partition coefficient (Wildman–Crippen LogP) is 2.16. The molecule has 2 aromatic rings. The van der Waals surface area contributed by atoms with Gasteiger partial charge in [0.2, 0.25) is 0 Å². The van der Waals surface area contributed by atoms with E-state index < -0.39 is 0 Å². The highest BCUT2D eigenvalue weighted by Gasteiger charge is 2.18. The summed E-state index contributed by atoms with van der Waals surface area (Å²) in [7, 11) is 0. The molecule has 0 aliphatic carbocycles. The number of rotatable bonds is 4. The van der Waals surface area contributed by atoms with Gasteiger partial charge in [0.1, 0.15) is 29.2 Å². The summed E-state index contributed by atoms with van der Waals surface area (Å²) in [5.41, 5.74) is 7.20. The minimum absolute atomic E-state index is 0.133. The van der Waals surface area contributed by atoms with E-state index in [4.69, 9.17) is 10.8 Å². The summed E-state index contributed by atoms with van der Waals surface area (Å²) in [6.45, 7) is 0.000274. The molecular formula is C15H12BrN5O. The third-order valence-electron chi connectivity index (χ3n) is 3.00. The number of hydrogen-bond acceptors (Lipinski definition) is 5. The van der Waals surface area contributed by atoms with Gasteiger partial charge in [-0.1, -0.05) is 34.1 Å². The van der Waals surface area contributed by atoms with E-state index in [2.05, 4.69) is 21.0 Å². The van der Waals surface area contributed by atoms with Crippen LogP contribution in [0.25, 0.3) is 11.6 Å². The Kier molecular flexibility index (Phi) is 4.95. The molecule has 0 atom stereocenters. The second kappa shape index (κ2) is 6.90. The second-order valence-corrected chi connectivity index (χ2v) is 5.21. The summed E-state index contributed by atoms with van der Waals surface area (Å²) in [4.78, 5) is 0. The van der Waals surface area contributed by atoms with E-state index in [-0.39, 0.29) is 35.8 Å². The third-order valence-corrected chi connectivity index (χ3v) is 3.72. The fourth-order valence-electron chi connectivity index (χ4n) is 1.94. The minimum atomic E-state index is -0.161. The van der Waals surface area contributed by atoms with E-state index in [0.29, 0.717) is 0 Å². The Bertz CT molecular complexity index is 810. The quantitative estimate of drug-likeness (QED) is 0.814. The first-order chi connectivity index (χ1) is 10.6. The summed E-state index contributed by atoms with van der Waals surface area (Å²) in [5.74, 6) is 0.139. The Morgan fingerprint density at radius 1 is 1.41 bits per heavy atom. The molecule has 0 amide bonds. The van der Waals surface area contributed by atoms with E-state index in [1.165, 1.54) is 4.68 Å². The van der Waals surface area contributed by atoms with E-state index in [1.807, 2.05) is 36.4 Å². The second-order valence-electron chi connectivity index (χ2n) is 4.36. The van der Waals surface area contributed by atoms with Crippen molar-refractivity contribution in [2.45, 2.75) is 6.54 Å². The predicted molar refractivity (Wildman–Crippen MR) is 86.1 cm³/mol. The summed E-state index contributed by atoms with van der Waals surface area (Å²) in [6.07, 6.45) is 1.63. The Hall–Kier alpha value is -2.61. The lowest BCUT2D eigenvalue weighted by molar-refractivity contribution is 0.270. The van der Waals surface area contributed by atoms with Crippen molar-refractivity contribution in [2.75, 3.05) is 12.3 Å². The zero-order chi connectivity index (χ0) is 16.1. The monoisotopic (exact) mass is 357 g/mol. The molecule has 7 heteroatoms. The molecule has 6 nitrogen and oxygen atoms in total. The van der Waals surface area contributed by atoms with Crippen LogP contribution in [0.15, 0.2) is 28.7 Å². The zero-order valence-electron chi connectivity index (χ0n) is 11.5. The van der Waals surface area contributed by atoms with Crippen LogP contribution in [0.3, 0.4) is 0 Å². The number of allylic oxidation sites excluding steroid dienone is 1. The van der Waals surface area contributed by atoms with Crippen LogP contribution in [0, 0.1) is 22.7 Å². The van der Waals surface area contributed by atoms with Crippen molar-refractivity contribution < 1.29 is 5.11 Å². The number of nitrogen functional groups attached to an aromatic ring is 1. The van der Waals surface area contributed by atoms with Gasteiger partial charge in [0, 0.05) is 4.47 Å². The molecule has 0 aliphatic heterocycles. The minimum Gasteiger partial charge on any atom is -0.394 e. The van der Waals surface area contributed by atoms with Crippen molar-refractivity contribution in [3.8, 4) is 12.1 Å². The summed E-state index contributed by atoms with van der Waals surface area (Å²) in [6, 6.07) is 11.4. The molecule has 22 heavy (non-hydrogen) atoms. The SMILES string of the molecule is N#C/C(=C\c1ccccc1Br)c1nn(CCO)c(N)c1C#N. The molecule has 0 saturated carbocycles. The lowest BCUT2D eigenvalue weighted by atomic mass is 10.1. The van der Waals surface area contributed by atoms with E-state index in [0.717, 1.165) is 10.0 Å².